The summed E-state index contributed by atoms with van der Waals surface area (Å²) in [6.07, 6.45) is 4.97. The molecular weight excluding hydrogens is 308 g/mol. The zero-order valence-electron chi connectivity index (χ0n) is 13.6. The highest BCUT2D eigenvalue weighted by atomic mass is 32.1. The van der Waals surface area contributed by atoms with Gasteiger partial charge in [0.15, 0.2) is 0 Å². The highest BCUT2D eigenvalue weighted by Crippen LogP contribution is 2.32. The SMILES string of the molecule is CCc1csc(C2CCCN(c3ncccc3C(=O)NC)C2)n1. The van der Waals surface area contributed by atoms with Crippen LogP contribution in [0.3, 0.4) is 0 Å². The number of rotatable bonds is 4. The van der Waals surface area contributed by atoms with E-state index in [1.165, 1.54) is 10.7 Å². The summed E-state index contributed by atoms with van der Waals surface area (Å²) in [5, 5.41) is 6.07. The summed E-state index contributed by atoms with van der Waals surface area (Å²) < 4.78 is 0. The van der Waals surface area contributed by atoms with Gasteiger partial charge in [-0.2, -0.15) is 0 Å². The molecule has 0 saturated carbocycles. The molecule has 0 aromatic carbocycles. The number of thiazole rings is 1. The number of nitrogens with one attached hydrogen (secondary N) is 1. The Balaban J connectivity index is 1.82. The van der Waals surface area contributed by atoms with E-state index in [1.54, 1.807) is 24.6 Å². The number of pyridine rings is 1. The monoisotopic (exact) mass is 330 g/mol. The van der Waals surface area contributed by atoms with Gasteiger partial charge in [-0.1, -0.05) is 6.92 Å². The smallest absolute Gasteiger partial charge is 0.254 e. The first-order valence-electron chi connectivity index (χ1n) is 8.09. The van der Waals surface area contributed by atoms with Crippen LogP contribution in [0.1, 0.15) is 46.7 Å². The molecule has 1 atom stereocenters. The normalized spacial score (nSPS) is 18.0. The van der Waals surface area contributed by atoms with Crippen LogP contribution >= 0.6 is 11.3 Å². The van der Waals surface area contributed by atoms with E-state index in [0.29, 0.717) is 11.5 Å². The molecule has 0 aliphatic carbocycles. The summed E-state index contributed by atoms with van der Waals surface area (Å²) in [6, 6.07) is 3.65. The fraction of sp³-hybridized carbons (Fsp3) is 0.471. The van der Waals surface area contributed by atoms with Gasteiger partial charge in [-0.25, -0.2) is 9.97 Å². The molecule has 0 spiro atoms. The highest BCUT2D eigenvalue weighted by Gasteiger charge is 2.26. The quantitative estimate of drug-likeness (QED) is 0.936. The zero-order chi connectivity index (χ0) is 16.2. The van der Waals surface area contributed by atoms with E-state index in [1.807, 2.05) is 12.1 Å². The number of piperidine rings is 1. The second-order valence-corrected chi connectivity index (χ2v) is 6.66. The zero-order valence-corrected chi connectivity index (χ0v) is 14.4. The van der Waals surface area contributed by atoms with E-state index < -0.39 is 0 Å². The Bertz CT molecular complexity index is 685. The Hall–Kier alpha value is -1.95. The van der Waals surface area contributed by atoms with Gasteiger partial charge in [-0.05, 0) is 31.4 Å². The van der Waals surface area contributed by atoms with E-state index in [0.717, 1.165) is 38.2 Å². The van der Waals surface area contributed by atoms with Crippen LogP contribution in [0.2, 0.25) is 0 Å². The molecule has 2 aromatic rings. The van der Waals surface area contributed by atoms with Gasteiger partial charge in [0.2, 0.25) is 0 Å². The first kappa shape index (κ1) is 15.9. The maximum absolute atomic E-state index is 12.1. The lowest BCUT2D eigenvalue weighted by molar-refractivity contribution is 0.0963. The largest absolute Gasteiger partial charge is 0.355 e. The Kier molecular flexibility index (Phi) is 4.91. The lowest BCUT2D eigenvalue weighted by Gasteiger charge is -2.33. The van der Waals surface area contributed by atoms with Crippen LogP contribution in [0.5, 0.6) is 0 Å². The van der Waals surface area contributed by atoms with Crippen molar-refractivity contribution in [1.82, 2.24) is 15.3 Å². The fourth-order valence-electron chi connectivity index (χ4n) is 3.00. The number of nitrogens with zero attached hydrogens (tertiary/aromatic N) is 3. The van der Waals surface area contributed by atoms with E-state index in [9.17, 15) is 4.79 Å². The number of hydrogen-bond acceptors (Lipinski definition) is 5. The Morgan fingerprint density at radius 1 is 1.52 bits per heavy atom. The summed E-state index contributed by atoms with van der Waals surface area (Å²) >= 11 is 1.76. The van der Waals surface area contributed by atoms with Crippen LogP contribution in [-0.4, -0.2) is 36.0 Å². The Morgan fingerprint density at radius 2 is 2.39 bits per heavy atom. The Morgan fingerprint density at radius 3 is 3.13 bits per heavy atom. The third-order valence-corrected chi connectivity index (χ3v) is 5.32. The fourth-order valence-corrected chi connectivity index (χ4v) is 4.04. The van der Waals surface area contributed by atoms with Crippen molar-refractivity contribution in [3.8, 4) is 0 Å². The van der Waals surface area contributed by atoms with Gasteiger partial charge >= 0.3 is 0 Å². The van der Waals surface area contributed by atoms with Gasteiger partial charge in [0, 0.05) is 37.6 Å². The number of carbonyl (C=O) groups is 1. The minimum absolute atomic E-state index is 0.0854. The summed E-state index contributed by atoms with van der Waals surface area (Å²) in [6.45, 7) is 3.94. The number of hydrogen-bond donors (Lipinski definition) is 1. The van der Waals surface area contributed by atoms with Gasteiger partial charge in [-0.3, -0.25) is 4.79 Å². The van der Waals surface area contributed by atoms with Crippen molar-refractivity contribution in [2.75, 3.05) is 25.0 Å². The van der Waals surface area contributed by atoms with Crippen molar-refractivity contribution < 1.29 is 4.79 Å². The molecule has 1 aliphatic heterocycles. The predicted molar refractivity (Wildman–Crippen MR) is 93.3 cm³/mol. The van der Waals surface area contributed by atoms with E-state index in [-0.39, 0.29) is 5.91 Å². The summed E-state index contributed by atoms with van der Waals surface area (Å²) in [5.74, 6) is 1.12. The van der Waals surface area contributed by atoms with Crippen molar-refractivity contribution in [3.63, 3.8) is 0 Å². The Labute approximate surface area is 140 Å². The summed E-state index contributed by atoms with van der Waals surface area (Å²) in [5.41, 5.74) is 1.81. The molecule has 1 N–H and O–H groups in total. The third-order valence-electron chi connectivity index (χ3n) is 4.26. The lowest BCUT2D eigenvalue weighted by atomic mass is 9.98. The molecule has 23 heavy (non-hydrogen) atoms. The molecular formula is C17H22N4OS. The van der Waals surface area contributed by atoms with Crippen LogP contribution in [0.4, 0.5) is 5.82 Å². The maximum Gasteiger partial charge on any atom is 0.254 e. The molecule has 2 aromatic heterocycles. The van der Waals surface area contributed by atoms with Crippen LogP contribution in [0.15, 0.2) is 23.7 Å². The topological polar surface area (TPSA) is 58.1 Å². The number of aromatic nitrogens is 2. The minimum atomic E-state index is -0.0854. The molecule has 0 radical (unpaired) electrons. The van der Waals surface area contributed by atoms with Crippen LogP contribution in [0, 0.1) is 0 Å². The number of amides is 1. The average molecular weight is 330 g/mol. The predicted octanol–water partition coefficient (Wildman–Crippen LogP) is 2.84. The van der Waals surface area contributed by atoms with Gasteiger partial charge in [0.25, 0.3) is 5.91 Å². The highest BCUT2D eigenvalue weighted by molar-refractivity contribution is 7.09. The summed E-state index contributed by atoms with van der Waals surface area (Å²) in [4.78, 5) is 23.5. The molecule has 1 saturated heterocycles. The van der Waals surface area contributed by atoms with Crippen molar-refractivity contribution in [2.45, 2.75) is 32.1 Å². The third kappa shape index (κ3) is 3.37. The molecule has 5 nitrogen and oxygen atoms in total. The summed E-state index contributed by atoms with van der Waals surface area (Å²) in [7, 11) is 1.65. The molecule has 0 bridgehead atoms. The second kappa shape index (κ2) is 7.08. The first-order valence-corrected chi connectivity index (χ1v) is 8.97. The van der Waals surface area contributed by atoms with E-state index in [2.05, 4.69) is 27.5 Å². The lowest BCUT2D eigenvalue weighted by Crippen LogP contribution is -2.36. The van der Waals surface area contributed by atoms with E-state index in [4.69, 9.17) is 4.98 Å². The molecule has 1 fully saturated rings. The van der Waals surface area contributed by atoms with Gasteiger partial charge < -0.3 is 10.2 Å². The van der Waals surface area contributed by atoms with Crippen molar-refractivity contribution in [2.24, 2.45) is 0 Å². The van der Waals surface area contributed by atoms with Gasteiger partial charge in [0.1, 0.15) is 5.82 Å². The molecule has 1 aliphatic rings. The molecule has 3 heterocycles. The van der Waals surface area contributed by atoms with Crippen LogP contribution in [0.25, 0.3) is 0 Å². The van der Waals surface area contributed by atoms with Gasteiger partial charge in [0.05, 0.1) is 16.3 Å². The van der Waals surface area contributed by atoms with Crippen LogP contribution in [-0.2, 0) is 6.42 Å². The average Bonchev–Trinajstić information content (AvgIpc) is 3.10. The van der Waals surface area contributed by atoms with Crippen molar-refractivity contribution in [3.05, 3.63) is 40.0 Å². The first-order chi connectivity index (χ1) is 11.2. The van der Waals surface area contributed by atoms with Crippen molar-refractivity contribution in [1.29, 1.82) is 0 Å². The molecule has 1 amide bonds. The minimum Gasteiger partial charge on any atom is -0.355 e. The molecule has 1 unspecified atom stereocenters. The van der Waals surface area contributed by atoms with Gasteiger partial charge in [-0.15, -0.1) is 11.3 Å². The molecule has 122 valence electrons. The number of carbonyl (C=O) groups excluding carboxylic acids is 1. The number of aryl methyl sites for hydroxylation is 1. The van der Waals surface area contributed by atoms with Crippen LogP contribution < -0.4 is 10.2 Å². The molecule has 3 rings (SSSR count). The molecule has 6 heteroatoms. The number of anilines is 1. The van der Waals surface area contributed by atoms with Crippen molar-refractivity contribution >= 4 is 23.1 Å². The standard InChI is InChI=1S/C17H22N4OS/c1-3-13-11-23-17(20-13)12-6-5-9-21(10-12)15-14(16(22)18-2)7-4-8-19-15/h4,7-8,11-12H,3,5-6,9-10H2,1-2H3,(H,18,22). The van der Waals surface area contributed by atoms with E-state index >= 15 is 0 Å². The second-order valence-electron chi connectivity index (χ2n) is 5.77. The maximum atomic E-state index is 12.1.